The Bertz CT molecular complexity index is 532. The van der Waals surface area contributed by atoms with Gasteiger partial charge in [0.1, 0.15) is 4.92 Å². The Morgan fingerprint density at radius 1 is 1.38 bits per heavy atom. The third-order valence-corrected chi connectivity index (χ3v) is 4.05. The third-order valence-electron chi connectivity index (χ3n) is 4.05. The number of amides is 1. The van der Waals surface area contributed by atoms with E-state index >= 15 is 0 Å². The van der Waals surface area contributed by atoms with Crippen molar-refractivity contribution in [1.29, 1.82) is 0 Å². The SMILES string of the molecule is O=C(c1ccc([N+](=O)[O-])o1)N(CC1CC1)CC1CCCN1. The molecule has 0 aromatic carbocycles. The van der Waals surface area contributed by atoms with E-state index in [0.29, 0.717) is 25.0 Å². The normalized spacial score (nSPS) is 21.4. The minimum atomic E-state index is -0.624. The lowest BCUT2D eigenvalue weighted by atomic mass is 10.2. The lowest BCUT2D eigenvalue weighted by molar-refractivity contribution is -0.402. The Morgan fingerprint density at radius 2 is 2.19 bits per heavy atom. The molecule has 21 heavy (non-hydrogen) atoms. The number of carbonyl (C=O) groups excluding carboxylic acids is 1. The van der Waals surface area contributed by atoms with Crippen LogP contribution in [0.25, 0.3) is 0 Å². The summed E-state index contributed by atoms with van der Waals surface area (Å²) in [4.78, 5) is 24.3. The van der Waals surface area contributed by atoms with Gasteiger partial charge in [-0.25, -0.2) is 0 Å². The molecule has 1 aliphatic carbocycles. The van der Waals surface area contributed by atoms with Crippen molar-refractivity contribution in [3.8, 4) is 0 Å². The molecule has 1 atom stereocenters. The zero-order valence-electron chi connectivity index (χ0n) is 11.8. The maximum absolute atomic E-state index is 12.5. The predicted octanol–water partition coefficient (Wildman–Crippen LogP) is 1.79. The van der Waals surface area contributed by atoms with Crippen LogP contribution in [0.1, 0.15) is 36.2 Å². The predicted molar refractivity (Wildman–Crippen MR) is 75.0 cm³/mol. The van der Waals surface area contributed by atoms with E-state index in [1.165, 1.54) is 12.1 Å². The molecule has 0 spiro atoms. The van der Waals surface area contributed by atoms with E-state index in [1.54, 1.807) is 4.90 Å². The van der Waals surface area contributed by atoms with Gasteiger partial charge in [-0.1, -0.05) is 0 Å². The van der Waals surface area contributed by atoms with Crippen LogP contribution < -0.4 is 5.32 Å². The van der Waals surface area contributed by atoms with Crippen LogP contribution in [-0.2, 0) is 0 Å². The Balaban J connectivity index is 1.70. The van der Waals surface area contributed by atoms with Gasteiger partial charge in [0.05, 0.1) is 6.07 Å². The quantitative estimate of drug-likeness (QED) is 0.638. The fourth-order valence-corrected chi connectivity index (χ4v) is 2.73. The van der Waals surface area contributed by atoms with E-state index in [4.69, 9.17) is 4.42 Å². The van der Waals surface area contributed by atoms with Gasteiger partial charge in [0.25, 0.3) is 5.91 Å². The Kier molecular flexibility index (Phi) is 3.92. The van der Waals surface area contributed by atoms with E-state index in [2.05, 4.69) is 5.32 Å². The molecule has 0 radical (unpaired) electrons. The molecule has 1 aromatic heterocycles. The van der Waals surface area contributed by atoms with Gasteiger partial charge in [-0.2, -0.15) is 0 Å². The highest BCUT2D eigenvalue weighted by molar-refractivity contribution is 5.91. The molecule has 1 saturated carbocycles. The van der Waals surface area contributed by atoms with Gasteiger partial charge < -0.3 is 14.6 Å². The second-order valence-electron chi connectivity index (χ2n) is 5.84. The molecule has 7 nitrogen and oxygen atoms in total. The van der Waals surface area contributed by atoms with Crippen LogP contribution in [0.2, 0.25) is 0 Å². The number of nitrogens with zero attached hydrogens (tertiary/aromatic N) is 2. The van der Waals surface area contributed by atoms with Gasteiger partial charge in [-0.3, -0.25) is 14.9 Å². The Morgan fingerprint density at radius 3 is 2.76 bits per heavy atom. The molecule has 1 aromatic rings. The van der Waals surface area contributed by atoms with Crippen LogP contribution in [0, 0.1) is 16.0 Å². The molecule has 1 N–H and O–H groups in total. The third kappa shape index (κ3) is 3.41. The number of hydrogen-bond donors (Lipinski definition) is 1. The first-order valence-electron chi connectivity index (χ1n) is 7.40. The Labute approximate surface area is 122 Å². The number of hydrogen-bond acceptors (Lipinski definition) is 5. The van der Waals surface area contributed by atoms with Crippen LogP contribution in [0.15, 0.2) is 16.5 Å². The molecule has 114 valence electrons. The lowest BCUT2D eigenvalue weighted by Gasteiger charge is -2.25. The molecule has 1 saturated heterocycles. The number of rotatable bonds is 6. The van der Waals surface area contributed by atoms with Crippen LogP contribution in [0.4, 0.5) is 5.88 Å². The number of furan rings is 1. The fraction of sp³-hybridized carbons (Fsp3) is 0.643. The summed E-state index contributed by atoms with van der Waals surface area (Å²) >= 11 is 0. The van der Waals surface area contributed by atoms with E-state index in [9.17, 15) is 14.9 Å². The molecule has 1 amide bonds. The molecule has 7 heteroatoms. The maximum Gasteiger partial charge on any atom is 0.433 e. The summed E-state index contributed by atoms with van der Waals surface area (Å²) in [6.45, 7) is 2.34. The zero-order chi connectivity index (χ0) is 14.8. The summed E-state index contributed by atoms with van der Waals surface area (Å²) in [5.74, 6) is -0.00642. The second-order valence-corrected chi connectivity index (χ2v) is 5.84. The van der Waals surface area contributed by atoms with Crippen molar-refractivity contribution in [3.63, 3.8) is 0 Å². The monoisotopic (exact) mass is 293 g/mol. The maximum atomic E-state index is 12.5. The summed E-state index contributed by atoms with van der Waals surface area (Å²) in [5, 5.41) is 14.0. The van der Waals surface area contributed by atoms with Gasteiger partial charge in [0.2, 0.25) is 0 Å². The number of nitrogens with one attached hydrogen (secondary N) is 1. The first kappa shape index (κ1) is 14.1. The van der Waals surface area contributed by atoms with E-state index in [0.717, 1.165) is 32.2 Å². The summed E-state index contributed by atoms with van der Waals surface area (Å²) < 4.78 is 5.04. The highest BCUT2D eigenvalue weighted by atomic mass is 16.6. The first-order chi connectivity index (χ1) is 10.1. The first-order valence-corrected chi connectivity index (χ1v) is 7.40. The van der Waals surface area contributed by atoms with Crippen LogP contribution in [0.3, 0.4) is 0 Å². The van der Waals surface area contributed by atoms with Crippen LogP contribution in [-0.4, -0.2) is 41.4 Å². The largest absolute Gasteiger partial charge is 0.433 e. The smallest absolute Gasteiger partial charge is 0.395 e. The van der Waals surface area contributed by atoms with Gasteiger partial charge in [0, 0.05) is 19.1 Å². The van der Waals surface area contributed by atoms with Crippen molar-refractivity contribution in [2.45, 2.75) is 31.7 Å². The van der Waals surface area contributed by atoms with Crippen molar-refractivity contribution in [2.75, 3.05) is 19.6 Å². The molecular formula is C14H19N3O4. The van der Waals surface area contributed by atoms with Crippen molar-refractivity contribution in [1.82, 2.24) is 10.2 Å². The standard InChI is InChI=1S/C14H19N3O4/c18-14(12-5-6-13(21-12)17(19)20)16(8-10-3-4-10)9-11-2-1-7-15-11/h5-6,10-11,15H,1-4,7-9H2. The van der Waals surface area contributed by atoms with Crippen molar-refractivity contribution < 1.29 is 14.1 Å². The fourth-order valence-electron chi connectivity index (χ4n) is 2.73. The molecule has 0 bridgehead atoms. The average molecular weight is 293 g/mol. The molecule has 3 rings (SSSR count). The van der Waals surface area contributed by atoms with E-state index < -0.39 is 4.92 Å². The van der Waals surface area contributed by atoms with Gasteiger partial charge >= 0.3 is 5.88 Å². The van der Waals surface area contributed by atoms with Crippen molar-refractivity contribution >= 4 is 11.8 Å². The molecule has 2 fully saturated rings. The second kappa shape index (κ2) is 5.85. The topological polar surface area (TPSA) is 88.6 Å². The van der Waals surface area contributed by atoms with Gasteiger partial charge in [0.15, 0.2) is 5.76 Å². The molecule has 2 heterocycles. The number of nitro groups is 1. The summed E-state index contributed by atoms with van der Waals surface area (Å²) in [6, 6.07) is 2.94. The highest BCUT2D eigenvalue weighted by Crippen LogP contribution is 2.30. The molecular weight excluding hydrogens is 274 g/mol. The van der Waals surface area contributed by atoms with Gasteiger partial charge in [-0.05, 0) is 44.2 Å². The number of carbonyl (C=O) groups is 1. The van der Waals surface area contributed by atoms with Crippen LogP contribution >= 0.6 is 0 Å². The minimum absolute atomic E-state index is 0.0559. The zero-order valence-corrected chi connectivity index (χ0v) is 11.8. The average Bonchev–Trinajstić information content (AvgIpc) is 2.96. The lowest BCUT2D eigenvalue weighted by Crippen LogP contribution is -2.42. The van der Waals surface area contributed by atoms with E-state index in [1.807, 2.05) is 0 Å². The summed E-state index contributed by atoms with van der Waals surface area (Å²) in [5.41, 5.74) is 0. The molecule has 1 aliphatic heterocycles. The van der Waals surface area contributed by atoms with Gasteiger partial charge in [-0.15, -0.1) is 0 Å². The van der Waals surface area contributed by atoms with E-state index in [-0.39, 0.29) is 17.6 Å². The summed E-state index contributed by atoms with van der Waals surface area (Å²) in [7, 11) is 0. The Hall–Kier alpha value is -1.89. The molecule has 1 unspecified atom stereocenters. The van der Waals surface area contributed by atoms with Crippen molar-refractivity contribution in [3.05, 3.63) is 28.0 Å². The van der Waals surface area contributed by atoms with Crippen molar-refractivity contribution in [2.24, 2.45) is 5.92 Å². The highest BCUT2D eigenvalue weighted by Gasteiger charge is 2.31. The molecule has 2 aliphatic rings. The minimum Gasteiger partial charge on any atom is -0.395 e. The summed E-state index contributed by atoms with van der Waals surface area (Å²) in [6.07, 6.45) is 4.50. The van der Waals surface area contributed by atoms with Crippen LogP contribution in [0.5, 0.6) is 0 Å².